The summed E-state index contributed by atoms with van der Waals surface area (Å²) in [5.41, 5.74) is -5.89. The van der Waals surface area contributed by atoms with Crippen molar-refractivity contribution in [1.29, 1.82) is 0 Å². The first-order valence-electron chi connectivity index (χ1n) is 5.96. The van der Waals surface area contributed by atoms with E-state index >= 15 is 0 Å². The van der Waals surface area contributed by atoms with E-state index < -0.39 is 64.0 Å². The first kappa shape index (κ1) is 30.6. The minimum Gasteiger partial charge on any atom is -0.746 e. The summed E-state index contributed by atoms with van der Waals surface area (Å²) in [5, 5.41) is 0. The second-order valence-corrected chi connectivity index (χ2v) is 6.36. The molecule has 170 valence electrons. The minimum atomic E-state index is -8.30. The van der Waals surface area contributed by atoms with Gasteiger partial charge in [0.25, 0.3) is 11.9 Å². The van der Waals surface area contributed by atoms with E-state index in [0.717, 1.165) is 0 Å². The normalized spacial score (nSPS) is 18.2. The summed E-state index contributed by atoms with van der Waals surface area (Å²) in [5.74, 6) is -39.7. The molecule has 0 radical (unpaired) electrons. The third kappa shape index (κ3) is 4.71. The number of halogens is 15. The fourth-order valence-corrected chi connectivity index (χ4v) is 1.95. The maximum Gasteiger partial charge on any atom is 1.00 e. The van der Waals surface area contributed by atoms with Crippen LogP contribution in [0.2, 0.25) is 0 Å². The zero-order valence-electron chi connectivity index (χ0n) is 13.1. The van der Waals surface area contributed by atoms with Crippen LogP contribution in [0.4, 0.5) is 65.9 Å². The second kappa shape index (κ2) is 8.53. The van der Waals surface area contributed by atoms with Crippen molar-refractivity contribution < 1.29 is 97.7 Å². The van der Waals surface area contributed by atoms with E-state index in [0.29, 0.717) is 0 Å². The molecule has 0 fully saturated rings. The van der Waals surface area contributed by atoms with Crippen LogP contribution in [0.5, 0.6) is 0 Å². The molecule has 0 rings (SSSR count). The van der Waals surface area contributed by atoms with Crippen molar-refractivity contribution in [3.63, 3.8) is 0 Å². The SMILES string of the molecule is O=S(=O)([O-])C(F)C(F)(F)C(F)(F)C(F)(F)C(F)(F)C(F)(F)C(F)C(F)C(F)F.[Li+]. The predicted molar refractivity (Wildman–Crippen MR) is 55.1 cm³/mol. The van der Waals surface area contributed by atoms with Crippen molar-refractivity contribution in [1.82, 2.24) is 0 Å². The molecular formula is C9H4F15LiO3S. The van der Waals surface area contributed by atoms with Crippen LogP contribution < -0.4 is 18.9 Å². The Morgan fingerprint density at radius 1 is 0.621 bits per heavy atom. The van der Waals surface area contributed by atoms with E-state index in [1.165, 1.54) is 0 Å². The number of alkyl halides is 15. The van der Waals surface area contributed by atoms with Gasteiger partial charge in [0, 0.05) is 0 Å². The van der Waals surface area contributed by atoms with Gasteiger partial charge >= 0.3 is 48.5 Å². The summed E-state index contributed by atoms with van der Waals surface area (Å²) >= 11 is 0. The van der Waals surface area contributed by atoms with Gasteiger partial charge in [0.2, 0.25) is 6.17 Å². The Kier molecular flexibility index (Phi) is 9.02. The van der Waals surface area contributed by atoms with Crippen LogP contribution in [-0.4, -0.2) is 66.9 Å². The molecule has 20 heteroatoms. The zero-order valence-corrected chi connectivity index (χ0v) is 13.9. The summed E-state index contributed by atoms with van der Waals surface area (Å²) in [7, 11) is -7.27. The first-order valence-corrected chi connectivity index (χ1v) is 7.43. The Morgan fingerprint density at radius 3 is 1.21 bits per heavy atom. The second-order valence-electron chi connectivity index (χ2n) is 4.96. The third-order valence-electron chi connectivity index (χ3n) is 3.03. The molecule has 0 aromatic rings. The molecular weight excluding hydrogens is 480 g/mol. The van der Waals surface area contributed by atoms with Crippen molar-refractivity contribution in [2.75, 3.05) is 0 Å². The topological polar surface area (TPSA) is 57.2 Å². The van der Waals surface area contributed by atoms with Gasteiger partial charge in [-0.3, -0.25) is 0 Å². The predicted octanol–water partition coefficient (Wildman–Crippen LogP) is 0.949. The van der Waals surface area contributed by atoms with E-state index in [9.17, 15) is 78.8 Å². The Hall–Kier alpha value is -0.543. The molecule has 0 aliphatic rings. The molecule has 3 atom stereocenters. The average molecular weight is 484 g/mol. The van der Waals surface area contributed by atoms with Crippen LogP contribution in [0.25, 0.3) is 0 Å². The molecule has 3 nitrogen and oxygen atoms in total. The largest absolute Gasteiger partial charge is 1.00 e. The zero-order chi connectivity index (χ0) is 23.3. The Morgan fingerprint density at radius 2 is 0.931 bits per heavy atom. The van der Waals surface area contributed by atoms with Gasteiger partial charge in [-0.2, -0.15) is 43.9 Å². The van der Waals surface area contributed by atoms with Gasteiger partial charge in [0.1, 0.15) is 10.1 Å². The fourth-order valence-electron chi connectivity index (χ4n) is 1.44. The van der Waals surface area contributed by atoms with E-state index in [1.54, 1.807) is 0 Å². The molecule has 0 N–H and O–H groups in total. The van der Waals surface area contributed by atoms with E-state index in [1.807, 2.05) is 0 Å². The van der Waals surface area contributed by atoms with Crippen molar-refractivity contribution in [2.24, 2.45) is 0 Å². The molecule has 29 heavy (non-hydrogen) atoms. The molecule has 0 saturated carbocycles. The van der Waals surface area contributed by atoms with Crippen LogP contribution in [0, 0.1) is 0 Å². The van der Waals surface area contributed by atoms with Crippen LogP contribution in [0.1, 0.15) is 0 Å². The molecule has 0 aliphatic heterocycles. The summed E-state index contributed by atoms with van der Waals surface area (Å²) < 4.78 is 222. The third-order valence-corrected chi connectivity index (χ3v) is 3.83. The van der Waals surface area contributed by atoms with Gasteiger partial charge in [-0.15, -0.1) is 0 Å². The van der Waals surface area contributed by atoms with E-state index in [2.05, 4.69) is 0 Å². The fraction of sp³-hybridized carbons (Fsp3) is 1.00. The molecule has 0 aromatic heterocycles. The maximum absolute atomic E-state index is 13.1. The van der Waals surface area contributed by atoms with Gasteiger partial charge in [-0.25, -0.2) is 30.4 Å². The smallest absolute Gasteiger partial charge is 0.746 e. The molecule has 0 spiro atoms. The quantitative estimate of drug-likeness (QED) is 0.279. The minimum absolute atomic E-state index is 0. The van der Waals surface area contributed by atoms with Crippen molar-refractivity contribution >= 4 is 10.1 Å². The van der Waals surface area contributed by atoms with Gasteiger partial charge in [0.05, 0.1) is 0 Å². The van der Waals surface area contributed by atoms with Crippen LogP contribution in [0.15, 0.2) is 0 Å². The van der Waals surface area contributed by atoms with Crippen molar-refractivity contribution in [2.45, 2.75) is 53.9 Å². The monoisotopic (exact) mass is 484 g/mol. The summed E-state index contributed by atoms with van der Waals surface area (Å²) in [6, 6.07) is 0. The van der Waals surface area contributed by atoms with Gasteiger partial charge in [-0.05, 0) is 0 Å². The molecule has 0 aromatic carbocycles. The maximum atomic E-state index is 13.1. The first-order chi connectivity index (χ1) is 11.9. The standard InChI is InChI=1S/C9H5F15O3S.Li/c10-1(3(12)13)2(11)5(15,16)7(19,20)9(23,24)8(21,22)6(17,18)4(14)28(25,26)27;/h1-4H,(H,25,26,27);/q;+1/p-1. The average Bonchev–Trinajstić information content (AvgIpc) is 2.50. The van der Waals surface area contributed by atoms with E-state index in [4.69, 9.17) is 0 Å². The van der Waals surface area contributed by atoms with Gasteiger partial charge in [-0.1, -0.05) is 0 Å². The van der Waals surface area contributed by atoms with Crippen molar-refractivity contribution in [3.05, 3.63) is 0 Å². The Labute approximate surface area is 162 Å². The Bertz CT molecular complexity index is 666. The van der Waals surface area contributed by atoms with Gasteiger partial charge in [0.15, 0.2) is 6.17 Å². The number of rotatable bonds is 9. The number of hydrogen-bond acceptors (Lipinski definition) is 3. The number of hydrogen-bond donors (Lipinski definition) is 0. The summed E-state index contributed by atoms with van der Waals surface area (Å²) in [6.07, 6.45) is -15.6. The molecule has 0 bridgehead atoms. The summed E-state index contributed by atoms with van der Waals surface area (Å²) in [4.78, 5) is 0. The van der Waals surface area contributed by atoms with Crippen LogP contribution in [0.3, 0.4) is 0 Å². The molecule has 3 unspecified atom stereocenters. The summed E-state index contributed by atoms with van der Waals surface area (Å²) in [6.45, 7) is 0. The molecule has 0 heterocycles. The van der Waals surface area contributed by atoms with Gasteiger partial charge < -0.3 is 4.55 Å². The Balaban J connectivity index is 0. The molecule has 0 saturated heterocycles. The molecule has 0 amide bonds. The van der Waals surface area contributed by atoms with Crippen molar-refractivity contribution in [3.8, 4) is 0 Å². The van der Waals surface area contributed by atoms with Crippen LogP contribution in [-0.2, 0) is 10.1 Å². The van der Waals surface area contributed by atoms with Crippen LogP contribution >= 0.6 is 0 Å². The van der Waals surface area contributed by atoms with E-state index in [-0.39, 0.29) is 18.9 Å². The molecule has 0 aliphatic carbocycles.